The highest BCUT2D eigenvalue weighted by Gasteiger charge is 2.38. The molecule has 4 rings (SSSR count). The molecule has 2 aromatic rings. The summed E-state index contributed by atoms with van der Waals surface area (Å²) < 4.78 is 0. The summed E-state index contributed by atoms with van der Waals surface area (Å²) in [6.07, 6.45) is 1.63. The lowest BCUT2D eigenvalue weighted by Gasteiger charge is -2.25. The van der Waals surface area contributed by atoms with Crippen LogP contribution < -0.4 is 15.8 Å². The lowest BCUT2D eigenvalue weighted by atomic mass is 10.0. The first-order valence-corrected chi connectivity index (χ1v) is 8.69. The van der Waals surface area contributed by atoms with Crippen LogP contribution in [0.15, 0.2) is 48.5 Å². The summed E-state index contributed by atoms with van der Waals surface area (Å²) in [5.74, 6) is 0.129. The van der Waals surface area contributed by atoms with E-state index in [1.54, 1.807) is 0 Å². The number of nitrogens with one attached hydrogen (secondary N) is 2. The van der Waals surface area contributed by atoms with Gasteiger partial charge < -0.3 is 4.90 Å². The topological polar surface area (TPSA) is 44.4 Å². The first-order chi connectivity index (χ1) is 11.6. The van der Waals surface area contributed by atoms with Gasteiger partial charge in [-0.1, -0.05) is 41.9 Å². The van der Waals surface area contributed by atoms with Crippen LogP contribution in [0, 0.1) is 0 Å². The number of para-hydroxylation sites is 1. The van der Waals surface area contributed by atoms with Crippen molar-refractivity contribution in [2.75, 3.05) is 4.90 Å². The Morgan fingerprint density at radius 1 is 1.17 bits per heavy atom. The maximum atomic E-state index is 13.1. The minimum absolute atomic E-state index is 0.0887. The van der Waals surface area contributed by atoms with Crippen LogP contribution in [-0.4, -0.2) is 18.0 Å². The average Bonchev–Trinajstić information content (AvgIpc) is 3.18. The van der Waals surface area contributed by atoms with Gasteiger partial charge in [0, 0.05) is 22.8 Å². The highest BCUT2D eigenvalue weighted by atomic mass is 35.5. The Morgan fingerprint density at radius 2 is 2.00 bits per heavy atom. The molecule has 2 aromatic carbocycles. The Kier molecular flexibility index (Phi) is 4.04. The number of carbonyl (C=O) groups is 1. The lowest BCUT2D eigenvalue weighted by molar-refractivity contribution is -0.120. The molecule has 3 atom stereocenters. The third-order valence-corrected chi connectivity index (χ3v) is 5.13. The van der Waals surface area contributed by atoms with Gasteiger partial charge in [0.25, 0.3) is 0 Å². The number of nitrogens with zero attached hydrogens (tertiary/aromatic N) is 1. The maximum absolute atomic E-state index is 13.1. The minimum atomic E-state index is -0.234. The van der Waals surface area contributed by atoms with Crippen molar-refractivity contribution in [2.24, 2.45) is 0 Å². The number of halogens is 1. The van der Waals surface area contributed by atoms with E-state index < -0.39 is 0 Å². The molecule has 1 amide bonds. The van der Waals surface area contributed by atoms with E-state index in [0.717, 1.165) is 17.7 Å². The van der Waals surface area contributed by atoms with Crippen LogP contribution in [0.25, 0.3) is 0 Å². The van der Waals surface area contributed by atoms with Crippen molar-refractivity contribution in [3.63, 3.8) is 0 Å². The van der Waals surface area contributed by atoms with Crippen molar-refractivity contribution >= 4 is 23.2 Å². The second-order valence-corrected chi connectivity index (χ2v) is 7.01. The molecule has 0 radical (unpaired) electrons. The molecule has 1 saturated heterocycles. The number of hydrazine groups is 1. The van der Waals surface area contributed by atoms with Crippen molar-refractivity contribution in [1.29, 1.82) is 0 Å². The first-order valence-electron chi connectivity index (χ1n) is 8.31. The van der Waals surface area contributed by atoms with Gasteiger partial charge in [-0.3, -0.25) is 4.79 Å². The number of anilines is 1. The quantitative estimate of drug-likeness (QED) is 0.881. The smallest absolute Gasteiger partial charge is 0.245 e. The molecule has 5 heteroatoms. The fourth-order valence-corrected chi connectivity index (χ4v) is 3.93. The number of hydrogen-bond acceptors (Lipinski definition) is 3. The molecule has 0 aliphatic carbocycles. The van der Waals surface area contributed by atoms with Crippen molar-refractivity contribution in [3.05, 3.63) is 64.7 Å². The van der Waals surface area contributed by atoms with Crippen molar-refractivity contribution in [1.82, 2.24) is 10.9 Å². The molecule has 4 nitrogen and oxygen atoms in total. The summed E-state index contributed by atoms with van der Waals surface area (Å²) in [4.78, 5) is 15.0. The van der Waals surface area contributed by atoms with Crippen LogP contribution >= 0.6 is 11.6 Å². The molecule has 1 fully saturated rings. The number of benzene rings is 2. The molecule has 124 valence electrons. The Morgan fingerprint density at radius 3 is 2.83 bits per heavy atom. The molecule has 3 unspecified atom stereocenters. The second kappa shape index (κ2) is 6.20. The zero-order valence-corrected chi connectivity index (χ0v) is 14.3. The summed E-state index contributed by atoms with van der Waals surface area (Å²) in [6.45, 7) is 2.11. The van der Waals surface area contributed by atoms with Crippen LogP contribution in [-0.2, 0) is 11.2 Å². The number of amides is 1. The van der Waals surface area contributed by atoms with Gasteiger partial charge in [0.05, 0.1) is 0 Å². The van der Waals surface area contributed by atoms with Gasteiger partial charge in [0.1, 0.15) is 6.04 Å². The molecule has 0 bridgehead atoms. The van der Waals surface area contributed by atoms with E-state index in [0.29, 0.717) is 11.4 Å². The molecule has 2 aliphatic rings. The van der Waals surface area contributed by atoms with Crippen LogP contribution in [0.5, 0.6) is 0 Å². The predicted molar refractivity (Wildman–Crippen MR) is 96.0 cm³/mol. The van der Waals surface area contributed by atoms with Crippen LogP contribution in [0.4, 0.5) is 5.69 Å². The van der Waals surface area contributed by atoms with Crippen molar-refractivity contribution in [2.45, 2.75) is 37.9 Å². The van der Waals surface area contributed by atoms with Crippen LogP contribution in [0.2, 0.25) is 5.02 Å². The number of hydrogen-bond donors (Lipinski definition) is 2. The summed E-state index contributed by atoms with van der Waals surface area (Å²) in [5, 5.41) is 0.714. The Bertz CT molecular complexity index is 779. The SMILES string of the molecule is CC1Cc2ccccc2N1C(=O)C1CC(c2cccc(Cl)c2)NN1. The number of rotatable bonds is 2. The van der Waals surface area contributed by atoms with E-state index >= 15 is 0 Å². The molecule has 2 N–H and O–H groups in total. The zero-order chi connectivity index (χ0) is 16.7. The molecule has 0 saturated carbocycles. The molecular formula is C19H20ClN3O. The van der Waals surface area contributed by atoms with Gasteiger partial charge in [-0.15, -0.1) is 0 Å². The standard InChI is InChI=1S/C19H20ClN3O/c1-12-9-14-5-2-3-8-18(14)23(12)19(24)17-11-16(21-22-17)13-6-4-7-15(20)10-13/h2-8,10,12,16-17,21-22H,9,11H2,1H3. The third kappa shape index (κ3) is 2.71. The van der Waals surface area contributed by atoms with Gasteiger partial charge in [-0.05, 0) is 49.1 Å². The maximum Gasteiger partial charge on any atom is 0.245 e. The Balaban J connectivity index is 1.52. The predicted octanol–water partition coefficient (Wildman–Crippen LogP) is 3.23. The zero-order valence-electron chi connectivity index (χ0n) is 13.5. The summed E-state index contributed by atoms with van der Waals surface area (Å²) in [7, 11) is 0. The number of carbonyl (C=O) groups excluding carboxylic acids is 1. The highest BCUT2D eigenvalue weighted by Crippen LogP contribution is 2.34. The van der Waals surface area contributed by atoms with Crippen molar-refractivity contribution < 1.29 is 4.79 Å². The summed E-state index contributed by atoms with van der Waals surface area (Å²) >= 11 is 6.08. The van der Waals surface area contributed by atoms with E-state index in [-0.39, 0.29) is 24.0 Å². The molecule has 24 heavy (non-hydrogen) atoms. The minimum Gasteiger partial charge on any atom is -0.308 e. The van der Waals surface area contributed by atoms with Crippen molar-refractivity contribution in [3.8, 4) is 0 Å². The van der Waals surface area contributed by atoms with Gasteiger partial charge in [0.15, 0.2) is 0 Å². The van der Waals surface area contributed by atoms with E-state index in [4.69, 9.17) is 11.6 Å². The van der Waals surface area contributed by atoms with Crippen LogP contribution in [0.3, 0.4) is 0 Å². The van der Waals surface area contributed by atoms with E-state index in [2.05, 4.69) is 23.8 Å². The largest absolute Gasteiger partial charge is 0.308 e. The van der Waals surface area contributed by atoms with E-state index in [1.165, 1.54) is 5.56 Å². The van der Waals surface area contributed by atoms with Crippen LogP contribution in [0.1, 0.15) is 30.5 Å². The van der Waals surface area contributed by atoms with Gasteiger partial charge in [-0.25, -0.2) is 10.9 Å². The van der Waals surface area contributed by atoms with E-state index in [1.807, 2.05) is 47.4 Å². The molecule has 2 heterocycles. The average molecular weight is 342 g/mol. The Hall–Kier alpha value is -1.88. The highest BCUT2D eigenvalue weighted by molar-refractivity contribution is 6.30. The fraction of sp³-hybridized carbons (Fsp3) is 0.316. The van der Waals surface area contributed by atoms with Gasteiger partial charge in [-0.2, -0.15) is 0 Å². The molecule has 0 spiro atoms. The fourth-order valence-electron chi connectivity index (χ4n) is 3.73. The Labute approximate surface area is 146 Å². The first kappa shape index (κ1) is 15.6. The van der Waals surface area contributed by atoms with Gasteiger partial charge in [0.2, 0.25) is 5.91 Å². The summed E-state index contributed by atoms with van der Waals surface area (Å²) in [5.41, 5.74) is 9.79. The van der Waals surface area contributed by atoms with E-state index in [9.17, 15) is 4.79 Å². The van der Waals surface area contributed by atoms with Gasteiger partial charge >= 0.3 is 0 Å². The summed E-state index contributed by atoms with van der Waals surface area (Å²) in [6, 6.07) is 16.0. The monoisotopic (exact) mass is 341 g/mol. The lowest BCUT2D eigenvalue weighted by Crippen LogP contribution is -2.47. The number of fused-ring (bicyclic) bond motifs is 1. The third-order valence-electron chi connectivity index (χ3n) is 4.90. The molecule has 0 aromatic heterocycles. The molecular weight excluding hydrogens is 322 g/mol. The molecule has 2 aliphatic heterocycles. The normalized spacial score (nSPS) is 25.8. The second-order valence-electron chi connectivity index (χ2n) is 6.57.